The summed E-state index contributed by atoms with van der Waals surface area (Å²) in [7, 11) is 0. The Morgan fingerprint density at radius 3 is 0.909 bits per heavy atom. The molecule has 0 unspecified atom stereocenters. The number of hydrogen-bond donors (Lipinski definition) is 0. The van der Waals surface area contributed by atoms with Crippen LogP contribution in [-0.2, 0) is 0 Å². The largest absolute Gasteiger partial charge is 0.456 e. The second kappa shape index (κ2) is 24.4. The molecule has 6 aromatic heterocycles. The van der Waals surface area contributed by atoms with Crippen LogP contribution >= 0.6 is 0 Å². The normalized spacial score (nSPS) is 12.0. The van der Waals surface area contributed by atoms with Crippen molar-refractivity contribution in [1.29, 1.82) is 0 Å². The van der Waals surface area contributed by atoms with Crippen molar-refractivity contribution < 1.29 is 8.83 Å². The van der Waals surface area contributed by atoms with Gasteiger partial charge in [0.15, 0.2) is 0 Å². The summed E-state index contributed by atoms with van der Waals surface area (Å²) in [4.78, 5) is 0. The van der Waals surface area contributed by atoms with Gasteiger partial charge in [-0.05, 0) is 206 Å². The lowest BCUT2D eigenvalue weighted by atomic mass is 10.0. The Kier molecular flexibility index (Phi) is 13.7. The molecule has 6 heterocycles. The minimum absolute atomic E-state index is 0.916. The number of rotatable bonds is 8. The first-order chi connectivity index (χ1) is 54.5. The van der Waals surface area contributed by atoms with Gasteiger partial charge in [0.25, 0.3) is 0 Å². The van der Waals surface area contributed by atoms with Gasteiger partial charge in [0.1, 0.15) is 22.3 Å². The van der Waals surface area contributed by atoms with Crippen molar-refractivity contribution in [1.82, 2.24) is 18.3 Å². The van der Waals surface area contributed by atoms with E-state index in [9.17, 15) is 0 Å². The maximum absolute atomic E-state index is 6.38. The van der Waals surface area contributed by atoms with Gasteiger partial charge >= 0.3 is 0 Å². The van der Waals surface area contributed by atoms with Gasteiger partial charge in [-0.15, -0.1) is 0 Å². The number of benzene rings is 18. The molecule has 18 aromatic carbocycles. The fourth-order valence-electron chi connectivity index (χ4n) is 17.8. The summed E-state index contributed by atoms with van der Waals surface area (Å²) in [5.41, 5.74) is 27.3. The van der Waals surface area contributed by atoms with Crippen molar-refractivity contribution in [3.05, 3.63) is 388 Å². The van der Waals surface area contributed by atoms with E-state index in [1.54, 1.807) is 0 Å². The number of fused-ring (bicyclic) bond motifs is 20. The van der Waals surface area contributed by atoms with Gasteiger partial charge in [-0.25, -0.2) is 0 Å². The van der Waals surface area contributed by atoms with Crippen LogP contribution in [0.1, 0.15) is 0 Å². The highest BCUT2D eigenvalue weighted by atomic mass is 16.3. The monoisotopic (exact) mass is 1400 g/mol. The van der Waals surface area contributed by atoms with Crippen LogP contribution in [0.15, 0.2) is 397 Å². The topological polar surface area (TPSA) is 46.0 Å². The Labute approximate surface area is 631 Å². The molecule has 512 valence electrons. The second-order valence-corrected chi connectivity index (χ2v) is 29.1. The first-order valence-electron chi connectivity index (χ1n) is 37.7. The zero-order valence-electron chi connectivity index (χ0n) is 59.6. The van der Waals surface area contributed by atoms with Crippen LogP contribution in [0.25, 0.3) is 220 Å². The maximum Gasteiger partial charge on any atom is 0.143 e. The predicted octanol–water partition coefficient (Wildman–Crippen LogP) is 28.5. The third-order valence-electron chi connectivity index (χ3n) is 23.0. The predicted molar refractivity (Wildman–Crippen MR) is 462 cm³/mol. The summed E-state index contributed by atoms with van der Waals surface area (Å²) in [5, 5.41) is 19.6. The Morgan fingerprint density at radius 1 is 0.155 bits per heavy atom. The van der Waals surface area contributed by atoms with E-state index < -0.39 is 0 Å². The molecule has 0 amide bonds. The second-order valence-electron chi connectivity index (χ2n) is 29.1. The van der Waals surface area contributed by atoms with Crippen molar-refractivity contribution in [2.45, 2.75) is 0 Å². The van der Waals surface area contributed by atoms with Crippen molar-refractivity contribution in [2.24, 2.45) is 0 Å². The molecule has 0 saturated carbocycles. The molecule has 0 radical (unpaired) electrons. The van der Waals surface area contributed by atoms with Crippen LogP contribution in [0.3, 0.4) is 0 Å². The molecule has 0 aliphatic rings. The number of furan rings is 2. The molecule has 0 spiro atoms. The van der Waals surface area contributed by atoms with Gasteiger partial charge in [-0.1, -0.05) is 243 Å². The van der Waals surface area contributed by atoms with E-state index in [4.69, 9.17) is 8.83 Å². The number of para-hydroxylation sites is 7. The molecule has 24 aromatic rings. The molecule has 0 bridgehead atoms. The van der Waals surface area contributed by atoms with E-state index in [2.05, 4.69) is 382 Å². The van der Waals surface area contributed by atoms with Gasteiger partial charge in [-0.2, -0.15) is 0 Å². The van der Waals surface area contributed by atoms with Crippen LogP contribution < -0.4 is 0 Å². The first-order valence-corrected chi connectivity index (χ1v) is 37.7. The van der Waals surface area contributed by atoms with Crippen LogP contribution in [-0.4, -0.2) is 18.3 Å². The zero-order chi connectivity index (χ0) is 72.1. The van der Waals surface area contributed by atoms with E-state index in [0.717, 1.165) is 66.4 Å². The SMILES string of the molecule is c1ccc2cc(-n3c4ccccc4c4cc(-c5ccc6c(c5)c5ccccc5n6-c5ccc(-c6ccc7oc8ccccc8c7c6)cc5)ccc43)ccc2c1.c1ccc2cc(-n3c4ccccc4c4cc(-c5ccc6c(c5)c5ccccc5n6-c5ccc(-c6cccc7c6oc6ccccc67)cc5)ccc43)ccc2c1. The smallest absolute Gasteiger partial charge is 0.143 e. The van der Waals surface area contributed by atoms with Crippen LogP contribution in [0.5, 0.6) is 0 Å². The average Bonchev–Trinajstić information content (AvgIpc) is 1.59. The summed E-state index contributed by atoms with van der Waals surface area (Å²) in [6.45, 7) is 0. The highest BCUT2D eigenvalue weighted by molar-refractivity contribution is 6.16. The minimum Gasteiger partial charge on any atom is -0.456 e. The fraction of sp³-hybridized carbons (Fsp3) is 0. The molecule has 0 atom stereocenters. The number of aromatic nitrogens is 4. The molecule has 0 N–H and O–H groups in total. The Bertz CT molecular complexity index is 7900. The molecule has 6 heteroatoms. The summed E-state index contributed by atoms with van der Waals surface area (Å²) >= 11 is 0. The highest BCUT2D eigenvalue weighted by Gasteiger charge is 2.21. The molecule has 110 heavy (non-hydrogen) atoms. The summed E-state index contributed by atoms with van der Waals surface area (Å²) in [5.74, 6) is 0. The number of nitrogens with zero attached hydrogens (tertiary/aromatic N) is 4. The standard InChI is InChI=1S/2C52H32N2O/c1-2-11-35-30-39(27-20-33(35)10-1)54-48-18-7-4-13-42(48)46-32-37(24-29-50(46)54)36-23-28-49-45(31-36)41-12-3-6-17-47(41)53(49)38-25-21-34(22-26-38)40-15-9-16-44-43-14-5-8-19-51(43)55-52(40)44;1-2-10-35-29-40(25-19-33(35)9-1)54-48-15-7-4-12-42(48)45-31-38(21-27-50(45)54)37-20-26-49-44(30-37)41-11-3-6-14-47(41)53(49)39-23-17-34(18-24-39)36-22-28-52-46(32-36)43-13-5-8-16-51(43)55-52/h2*1-32H. The minimum atomic E-state index is 0.916. The lowest BCUT2D eigenvalue weighted by Crippen LogP contribution is -1.94. The fourth-order valence-corrected chi connectivity index (χ4v) is 17.8. The van der Waals surface area contributed by atoms with Crippen molar-refractivity contribution in [3.63, 3.8) is 0 Å². The van der Waals surface area contributed by atoms with Gasteiger partial charge in [0, 0.05) is 92.9 Å². The van der Waals surface area contributed by atoms with E-state index in [1.165, 1.54) is 154 Å². The maximum atomic E-state index is 6.38. The molecule has 6 nitrogen and oxygen atoms in total. The van der Waals surface area contributed by atoms with Gasteiger partial charge in [0.2, 0.25) is 0 Å². The molecule has 24 rings (SSSR count). The molecule has 0 saturated heterocycles. The van der Waals surface area contributed by atoms with Crippen molar-refractivity contribution >= 4 is 153 Å². The quantitative estimate of drug-likeness (QED) is 0.152. The van der Waals surface area contributed by atoms with E-state index in [0.29, 0.717) is 0 Å². The van der Waals surface area contributed by atoms with Crippen LogP contribution in [0.2, 0.25) is 0 Å². The summed E-state index contributed by atoms with van der Waals surface area (Å²) in [6.07, 6.45) is 0. The molecule has 0 aliphatic carbocycles. The van der Waals surface area contributed by atoms with E-state index in [-0.39, 0.29) is 0 Å². The Hall–Kier alpha value is -14.7. The molecule has 0 aliphatic heterocycles. The van der Waals surface area contributed by atoms with E-state index >= 15 is 0 Å². The van der Waals surface area contributed by atoms with Crippen LogP contribution in [0.4, 0.5) is 0 Å². The lowest BCUT2D eigenvalue weighted by molar-refractivity contribution is 0.669. The lowest BCUT2D eigenvalue weighted by Gasteiger charge is -2.11. The van der Waals surface area contributed by atoms with Crippen molar-refractivity contribution in [2.75, 3.05) is 0 Å². The molecule has 0 fully saturated rings. The zero-order valence-corrected chi connectivity index (χ0v) is 59.6. The summed E-state index contributed by atoms with van der Waals surface area (Å²) < 4.78 is 22.1. The molecular formula is C104H64N4O2. The van der Waals surface area contributed by atoms with Crippen LogP contribution in [0, 0.1) is 0 Å². The Balaban J connectivity index is 0.000000132. The first kappa shape index (κ1) is 61.6. The number of hydrogen-bond acceptors (Lipinski definition) is 2. The van der Waals surface area contributed by atoms with E-state index in [1.807, 2.05) is 24.3 Å². The van der Waals surface area contributed by atoms with Gasteiger partial charge in [-0.3, -0.25) is 0 Å². The van der Waals surface area contributed by atoms with Gasteiger partial charge in [0.05, 0.1) is 44.1 Å². The third-order valence-corrected chi connectivity index (χ3v) is 23.0. The van der Waals surface area contributed by atoms with Gasteiger partial charge < -0.3 is 27.1 Å². The summed E-state index contributed by atoms with van der Waals surface area (Å²) in [6, 6.07) is 141. The highest BCUT2D eigenvalue weighted by Crippen LogP contribution is 2.44. The molecular weight excluding hydrogens is 1340 g/mol. The Morgan fingerprint density at radius 2 is 0.455 bits per heavy atom. The third kappa shape index (κ3) is 9.69. The average molecular weight is 1400 g/mol. The van der Waals surface area contributed by atoms with Crippen molar-refractivity contribution in [3.8, 4) is 67.3 Å².